The van der Waals surface area contributed by atoms with Crippen molar-refractivity contribution in [2.45, 2.75) is 51.6 Å². The summed E-state index contributed by atoms with van der Waals surface area (Å²) in [5.41, 5.74) is 4.16. The summed E-state index contributed by atoms with van der Waals surface area (Å²) in [6.07, 6.45) is 2.38. The van der Waals surface area contributed by atoms with Crippen molar-refractivity contribution in [2.24, 2.45) is 0 Å². The van der Waals surface area contributed by atoms with Gasteiger partial charge in [0.05, 0.1) is 5.69 Å². The number of aromatic nitrogens is 1. The Hall–Kier alpha value is -1.61. The van der Waals surface area contributed by atoms with Crippen LogP contribution >= 0.6 is 0 Å². The normalized spacial score (nSPS) is 20.6. The van der Waals surface area contributed by atoms with Crippen molar-refractivity contribution in [3.05, 3.63) is 52.9 Å². The lowest BCUT2D eigenvalue weighted by Crippen LogP contribution is -2.32. The molecule has 3 nitrogen and oxygen atoms in total. The zero-order chi connectivity index (χ0) is 14.2. The molecule has 0 saturated carbocycles. The van der Waals surface area contributed by atoms with Crippen molar-refractivity contribution in [1.82, 2.24) is 10.5 Å². The molecule has 20 heavy (non-hydrogen) atoms. The second kappa shape index (κ2) is 5.06. The summed E-state index contributed by atoms with van der Waals surface area (Å²) in [5, 5.41) is 7.67. The number of rotatable bonds is 3. The van der Waals surface area contributed by atoms with Crippen molar-refractivity contribution >= 4 is 0 Å². The second-order valence-electron chi connectivity index (χ2n) is 6.37. The summed E-state index contributed by atoms with van der Waals surface area (Å²) < 4.78 is 5.12. The Kier molecular flexibility index (Phi) is 3.38. The van der Waals surface area contributed by atoms with Crippen LogP contribution < -0.4 is 5.32 Å². The maximum atomic E-state index is 5.12. The molecule has 0 radical (unpaired) electrons. The highest BCUT2D eigenvalue weighted by Gasteiger charge is 2.31. The number of nitrogens with one attached hydrogen (secondary N) is 1. The molecule has 0 saturated heterocycles. The molecule has 1 heterocycles. The highest BCUT2D eigenvalue weighted by atomic mass is 16.5. The molecular weight excluding hydrogens is 248 g/mol. The van der Waals surface area contributed by atoms with E-state index >= 15 is 0 Å². The van der Waals surface area contributed by atoms with E-state index in [9.17, 15) is 0 Å². The van der Waals surface area contributed by atoms with Crippen LogP contribution in [0.5, 0.6) is 0 Å². The van der Waals surface area contributed by atoms with Crippen LogP contribution in [0.4, 0.5) is 0 Å². The van der Waals surface area contributed by atoms with E-state index in [1.807, 2.05) is 13.0 Å². The van der Waals surface area contributed by atoms with Crippen molar-refractivity contribution in [1.29, 1.82) is 0 Å². The first-order chi connectivity index (χ1) is 9.56. The van der Waals surface area contributed by atoms with E-state index in [4.69, 9.17) is 4.52 Å². The largest absolute Gasteiger partial charge is 0.361 e. The number of hydrogen-bond donors (Lipinski definition) is 1. The van der Waals surface area contributed by atoms with Crippen molar-refractivity contribution in [3.63, 3.8) is 0 Å². The molecule has 0 bridgehead atoms. The Morgan fingerprint density at radius 1 is 1.35 bits per heavy atom. The first-order valence-electron chi connectivity index (χ1n) is 7.31. The molecule has 1 atom stereocenters. The van der Waals surface area contributed by atoms with Gasteiger partial charge in [0.25, 0.3) is 0 Å². The highest BCUT2D eigenvalue weighted by Crippen LogP contribution is 2.41. The molecule has 3 heteroatoms. The van der Waals surface area contributed by atoms with Gasteiger partial charge in [0.2, 0.25) is 0 Å². The van der Waals surface area contributed by atoms with Gasteiger partial charge in [-0.15, -0.1) is 0 Å². The molecule has 1 aliphatic carbocycles. The Bertz CT molecular complexity index is 601. The molecule has 1 aromatic carbocycles. The standard InChI is InChI=1S/C17H22N2O/c1-12-10-13(19-20-12)11-18-16-8-9-17(2,3)15-7-5-4-6-14(15)16/h4-7,10,16,18H,8-9,11H2,1-3H3. The highest BCUT2D eigenvalue weighted by molar-refractivity contribution is 5.38. The molecule has 1 N–H and O–H groups in total. The van der Waals surface area contributed by atoms with Crippen molar-refractivity contribution in [2.75, 3.05) is 0 Å². The molecule has 1 aromatic heterocycles. The third-order valence-corrected chi connectivity index (χ3v) is 4.33. The van der Waals surface area contributed by atoms with Gasteiger partial charge in [-0.05, 0) is 36.3 Å². The monoisotopic (exact) mass is 270 g/mol. The average Bonchev–Trinajstić information content (AvgIpc) is 2.84. The van der Waals surface area contributed by atoms with Gasteiger partial charge in [0.1, 0.15) is 5.76 Å². The van der Waals surface area contributed by atoms with Crippen molar-refractivity contribution < 1.29 is 4.52 Å². The van der Waals surface area contributed by atoms with Crippen LogP contribution in [0.2, 0.25) is 0 Å². The fraction of sp³-hybridized carbons (Fsp3) is 0.471. The Labute approximate surface area is 120 Å². The molecule has 0 spiro atoms. The fourth-order valence-electron chi connectivity index (χ4n) is 3.15. The summed E-state index contributed by atoms with van der Waals surface area (Å²) >= 11 is 0. The van der Waals surface area contributed by atoms with E-state index in [0.29, 0.717) is 6.04 Å². The van der Waals surface area contributed by atoms with Gasteiger partial charge in [0, 0.05) is 18.7 Å². The fourth-order valence-corrected chi connectivity index (χ4v) is 3.15. The smallest absolute Gasteiger partial charge is 0.133 e. The Balaban J connectivity index is 1.78. The molecule has 3 rings (SSSR count). The number of hydrogen-bond acceptors (Lipinski definition) is 3. The molecular formula is C17H22N2O. The van der Waals surface area contributed by atoms with E-state index in [0.717, 1.165) is 18.0 Å². The SMILES string of the molecule is Cc1cc(CNC2CCC(C)(C)c3ccccc32)no1. The maximum absolute atomic E-state index is 5.12. The van der Waals surface area contributed by atoms with E-state index in [1.54, 1.807) is 0 Å². The topological polar surface area (TPSA) is 38.1 Å². The Morgan fingerprint density at radius 2 is 2.15 bits per heavy atom. The van der Waals surface area contributed by atoms with Gasteiger partial charge in [-0.1, -0.05) is 43.3 Å². The van der Waals surface area contributed by atoms with E-state index in [-0.39, 0.29) is 5.41 Å². The third kappa shape index (κ3) is 2.50. The molecule has 1 aliphatic rings. The van der Waals surface area contributed by atoms with Gasteiger partial charge in [-0.2, -0.15) is 0 Å². The average molecular weight is 270 g/mol. The summed E-state index contributed by atoms with van der Waals surface area (Å²) in [6.45, 7) is 7.36. The number of nitrogens with zero attached hydrogens (tertiary/aromatic N) is 1. The summed E-state index contributed by atoms with van der Waals surface area (Å²) in [7, 11) is 0. The van der Waals surface area contributed by atoms with Crippen molar-refractivity contribution in [3.8, 4) is 0 Å². The zero-order valence-corrected chi connectivity index (χ0v) is 12.4. The van der Waals surface area contributed by atoms with Gasteiger partial charge in [-0.25, -0.2) is 0 Å². The molecule has 0 aliphatic heterocycles. The van der Waals surface area contributed by atoms with Gasteiger partial charge in [-0.3, -0.25) is 0 Å². The summed E-state index contributed by atoms with van der Waals surface area (Å²) in [4.78, 5) is 0. The second-order valence-corrected chi connectivity index (χ2v) is 6.37. The van der Waals surface area contributed by atoms with E-state index in [1.165, 1.54) is 24.0 Å². The van der Waals surface area contributed by atoms with Gasteiger partial charge >= 0.3 is 0 Å². The van der Waals surface area contributed by atoms with Crippen LogP contribution in [-0.4, -0.2) is 5.16 Å². The first kappa shape index (κ1) is 13.4. The van der Waals surface area contributed by atoms with Crippen LogP contribution in [-0.2, 0) is 12.0 Å². The minimum absolute atomic E-state index is 0.277. The molecule has 1 unspecified atom stereocenters. The maximum Gasteiger partial charge on any atom is 0.133 e. The molecule has 0 amide bonds. The van der Waals surface area contributed by atoms with Crippen LogP contribution in [0.3, 0.4) is 0 Å². The van der Waals surface area contributed by atoms with Gasteiger partial charge < -0.3 is 9.84 Å². The van der Waals surface area contributed by atoms with Crippen LogP contribution in [0.1, 0.15) is 55.3 Å². The lowest BCUT2D eigenvalue weighted by Gasteiger charge is -2.37. The minimum Gasteiger partial charge on any atom is -0.361 e. The van der Waals surface area contributed by atoms with Gasteiger partial charge in [0.15, 0.2) is 0 Å². The number of aryl methyl sites for hydroxylation is 1. The zero-order valence-electron chi connectivity index (χ0n) is 12.4. The first-order valence-corrected chi connectivity index (χ1v) is 7.31. The van der Waals surface area contributed by atoms with Crippen LogP contribution in [0.15, 0.2) is 34.9 Å². The number of fused-ring (bicyclic) bond motifs is 1. The van der Waals surface area contributed by atoms with Crippen LogP contribution in [0.25, 0.3) is 0 Å². The number of benzene rings is 1. The summed E-state index contributed by atoms with van der Waals surface area (Å²) in [6, 6.07) is 11.2. The molecule has 0 fully saturated rings. The molecule has 2 aromatic rings. The molecule has 106 valence electrons. The van der Waals surface area contributed by atoms with Crippen LogP contribution in [0, 0.1) is 6.92 Å². The lowest BCUT2D eigenvalue weighted by molar-refractivity contribution is 0.349. The Morgan fingerprint density at radius 3 is 2.90 bits per heavy atom. The van der Waals surface area contributed by atoms with E-state index in [2.05, 4.69) is 48.6 Å². The third-order valence-electron chi connectivity index (χ3n) is 4.33. The lowest BCUT2D eigenvalue weighted by atomic mass is 9.71. The minimum atomic E-state index is 0.277. The predicted octanol–water partition coefficient (Wildman–Crippen LogP) is 3.89. The quantitative estimate of drug-likeness (QED) is 0.919. The summed E-state index contributed by atoms with van der Waals surface area (Å²) in [5.74, 6) is 0.868. The predicted molar refractivity (Wildman–Crippen MR) is 79.5 cm³/mol. The van der Waals surface area contributed by atoms with E-state index < -0.39 is 0 Å².